The van der Waals surface area contributed by atoms with Crippen molar-refractivity contribution in [1.29, 1.82) is 0 Å². The lowest BCUT2D eigenvalue weighted by atomic mass is 9.65. The number of hydrogen-bond donors (Lipinski definition) is 1. The van der Waals surface area contributed by atoms with Crippen molar-refractivity contribution in [3.05, 3.63) is 0 Å². The van der Waals surface area contributed by atoms with Crippen LogP contribution in [0.3, 0.4) is 0 Å². The molecule has 1 spiro atoms. The third-order valence-corrected chi connectivity index (χ3v) is 4.41. The van der Waals surface area contributed by atoms with Crippen molar-refractivity contribution in [3.63, 3.8) is 0 Å². The first-order valence-electron chi connectivity index (χ1n) is 7.05. The fraction of sp³-hybridized carbons (Fsp3) is 1.00. The second-order valence-corrected chi connectivity index (χ2v) is 5.10. The Bertz CT molecular complexity index is 149. The van der Waals surface area contributed by atoms with Crippen LogP contribution >= 0.6 is 0 Å². The lowest BCUT2D eigenvalue weighted by molar-refractivity contribution is 0.104. The van der Waals surface area contributed by atoms with E-state index in [2.05, 4.69) is 12.2 Å². The van der Waals surface area contributed by atoms with Crippen molar-refractivity contribution < 1.29 is 0 Å². The average molecular weight is 211 g/mol. The highest BCUT2D eigenvalue weighted by Gasteiger charge is 2.35. The molecular formula is C14H29N. The molecule has 0 bridgehead atoms. The smallest absolute Gasteiger partial charge is 0.00436 e. The minimum Gasteiger partial charge on any atom is -0.317 e. The molecule has 1 nitrogen and oxygen atoms in total. The minimum atomic E-state index is 0.775. The summed E-state index contributed by atoms with van der Waals surface area (Å²) in [7, 11) is 0. The summed E-state index contributed by atoms with van der Waals surface area (Å²) in [4.78, 5) is 0. The van der Waals surface area contributed by atoms with Crippen LogP contribution in [0.2, 0.25) is 0 Å². The molecule has 0 radical (unpaired) electrons. The lowest BCUT2D eigenvalue weighted by Crippen LogP contribution is -2.39. The first kappa shape index (κ1) is 13.0. The third-order valence-electron chi connectivity index (χ3n) is 4.41. The van der Waals surface area contributed by atoms with E-state index in [1.165, 1.54) is 58.0 Å². The fourth-order valence-electron chi connectivity index (χ4n) is 3.16. The van der Waals surface area contributed by atoms with Gasteiger partial charge in [0.15, 0.2) is 0 Å². The minimum absolute atomic E-state index is 0.775. The van der Waals surface area contributed by atoms with E-state index in [-0.39, 0.29) is 0 Å². The summed E-state index contributed by atoms with van der Waals surface area (Å²) in [5.74, 6) is 1.06. The van der Waals surface area contributed by atoms with Gasteiger partial charge in [-0.25, -0.2) is 0 Å². The summed E-state index contributed by atoms with van der Waals surface area (Å²) < 4.78 is 0. The van der Waals surface area contributed by atoms with E-state index in [9.17, 15) is 0 Å². The molecule has 2 fully saturated rings. The average Bonchev–Trinajstić information content (AvgIpc) is 2.34. The molecule has 0 aromatic heterocycles. The molecular weight excluding hydrogens is 182 g/mol. The molecule has 90 valence electrons. The summed E-state index contributed by atoms with van der Waals surface area (Å²) >= 11 is 0. The Morgan fingerprint density at radius 1 is 1.00 bits per heavy atom. The Morgan fingerprint density at radius 3 is 2.00 bits per heavy atom. The maximum absolute atomic E-state index is 3.48. The van der Waals surface area contributed by atoms with Gasteiger partial charge < -0.3 is 5.32 Å². The van der Waals surface area contributed by atoms with Gasteiger partial charge in [-0.1, -0.05) is 27.2 Å². The van der Waals surface area contributed by atoms with Crippen LogP contribution in [0.4, 0.5) is 0 Å². The Hall–Kier alpha value is -0.0400. The first-order valence-corrected chi connectivity index (χ1v) is 7.05. The van der Waals surface area contributed by atoms with E-state index < -0.39 is 0 Å². The summed E-state index contributed by atoms with van der Waals surface area (Å²) in [5, 5.41) is 3.48. The topological polar surface area (TPSA) is 12.0 Å². The summed E-state index contributed by atoms with van der Waals surface area (Å²) in [5.41, 5.74) is 0.775. The predicted octanol–water partition coefficient (Wildman–Crippen LogP) is 3.98. The van der Waals surface area contributed by atoms with Crippen molar-refractivity contribution in [2.45, 2.75) is 65.7 Å². The van der Waals surface area contributed by atoms with Gasteiger partial charge >= 0.3 is 0 Å². The molecule has 1 aliphatic carbocycles. The van der Waals surface area contributed by atoms with Gasteiger partial charge in [0.1, 0.15) is 0 Å². The molecule has 1 aliphatic heterocycles. The third kappa shape index (κ3) is 3.48. The van der Waals surface area contributed by atoms with Gasteiger partial charge in [-0.05, 0) is 62.9 Å². The SMILES string of the molecule is CC.CCC1CCC2(CCNCC2)CC1. The van der Waals surface area contributed by atoms with Gasteiger partial charge in [0, 0.05) is 0 Å². The highest BCUT2D eigenvalue weighted by molar-refractivity contribution is 4.88. The van der Waals surface area contributed by atoms with Crippen LogP contribution in [-0.2, 0) is 0 Å². The van der Waals surface area contributed by atoms with E-state index in [1.807, 2.05) is 13.8 Å². The van der Waals surface area contributed by atoms with Crippen LogP contribution < -0.4 is 5.32 Å². The van der Waals surface area contributed by atoms with E-state index in [1.54, 1.807) is 0 Å². The Morgan fingerprint density at radius 2 is 1.53 bits per heavy atom. The van der Waals surface area contributed by atoms with Crippen molar-refractivity contribution in [1.82, 2.24) is 5.32 Å². The normalized spacial score (nSPS) is 25.8. The molecule has 0 amide bonds. The second-order valence-electron chi connectivity index (χ2n) is 5.10. The van der Waals surface area contributed by atoms with Gasteiger partial charge in [-0.3, -0.25) is 0 Å². The molecule has 1 heteroatoms. The molecule has 2 rings (SSSR count). The molecule has 15 heavy (non-hydrogen) atoms. The molecule has 1 N–H and O–H groups in total. The summed E-state index contributed by atoms with van der Waals surface area (Å²) in [6.07, 6.45) is 10.4. The van der Waals surface area contributed by atoms with Gasteiger partial charge in [-0.15, -0.1) is 0 Å². The monoisotopic (exact) mass is 211 g/mol. The molecule has 0 unspecified atom stereocenters. The maximum Gasteiger partial charge on any atom is -0.00436 e. The Labute approximate surface area is 96.0 Å². The second kappa shape index (κ2) is 6.52. The summed E-state index contributed by atoms with van der Waals surface area (Å²) in [6.45, 7) is 8.90. The number of nitrogens with one attached hydrogen (secondary N) is 1. The zero-order chi connectivity index (χ0) is 11.1. The van der Waals surface area contributed by atoms with Crippen LogP contribution in [0.15, 0.2) is 0 Å². The summed E-state index contributed by atoms with van der Waals surface area (Å²) in [6, 6.07) is 0. The van der Waals surface area contributed by atoms with E-state index in [0.717, 1.165) is 11.3 Å². The van der Waals surface area contributed by atoms with Crippen molar-refractivity contribution in [3.8, 4) is 0 Å². The van der Waals surface area contributed by atoms with Gasteiger partial charge in [0.25, 0.3) is 0 Å². The van der Waals surface area contributed by atoms with Crippen LogP contribution in [-0.4, -0.2) is 13.1 Å². The number of piperidine rings is 1. The zero-order valence-electron chi connectivity index (χ0n) is 10.9. The molecule has 0 aromatic carbocycles. The molecule has 0 aromatic rings. The first-order chi connectivity index (χ1) is 7.35. The quantitative estimate of drug-likeness (QED) is 0.691. The van der Waals surface area contributed by atoms with Crippen LogP contribution in [0, 0.1) is 11.3 Å². The Kier molecular flexibility index (Phi) is 5.66. The van der Waals surface area contributed by atoms with Gasteiger partial charge in [0.05, 0.1) is 0 Å². The zero-order valence-corrected chi connectivity index (χ0v) is 10.9. The fourth-order valence-corrected chi connectivity index (χ4v) is 3.16. The van der Waals surface area contributed by atoms with Crippen molar-refractivity contribution in [2.75, 3.05) is 13.1 Å². The predicted molar refractivity (Wildman–Crippen MR) is 68.1 cm³/mol. The van der Waals surface area contributed by atoms with E-state index in [4.69, 9.17) is 0 Å². The maximum atomic E-state index is 3.48. The highest BCUT2D eigenvalue weighted by atomic mass is 14.9. The van der Waals surface area contributed by atoms with Crippen LogP contribution in [0.1, 0.15) is 65.7 Å². The van der Waals surface area contributed by atoms with Crippen molar-refractivity contribution >= 4 is 0 Å². The molecule has 1 heterocycles. The highest BCUT2D eigenvalue weighted by Crippen LogP contribution is 2.45. The molecule has 1 saturated heterocycles. The van der Waals surface area contributed by atoms with Gasteiger partial charge in [0.2, 0.25) is 0 Å². The van der Waals surface area contributed by atoms with Gasteiger partial charge in [-0.2, -0.15) is 0 Å². The van der Waals surface area contributed by atoms with E-state index in [0.29, 0.717) is 0 Å². The lowest BCUT2D eigenvalue weighted by Gasteiger charge is -2.43. The van der Waals surface area contributed by atoms with Crippen LogP contribution in [0.25, 0.3) is 0 Å². The van der Waals surface area contributed by atoms with E-state index >= 15 is 0 Å². The molecule has 2 aliphatic rings. The van der Waals surface area contributed by atoms with Crippen LogP contribution in [0.5, 0.6) is 0 Å². The molecule has 0 atom stereocenters. The van der Waals surface area contributed by atoms with Crippen molar-refractivity contribution in [2.24, 2.45) is 11.3 Å². The largest absolute Gasteiger partial charge is 0.317 e. The number of rotatable bonds is 1. The standard InChI is InChI=1S/C12H23N.C2H6/c1-2-11-3-5-12(6-4-11)7-9-13-10-8-12;1-2/h11,13H,2-10H2,1H3;1-2H3. The molecule has 1 saturated carbocycles. The Balaban J connectivity index is 0.000000531. The number of hydrogen-bond acceptors (Lipinski definition) is 1.